The summed E-state index contributed by atoms with van der Waals surface area (Å²) in [5.74, 6) is 0. The second-order valence-corrected chi connectivity index (χ2v) is 6.12. The van der Waals surface area contributed by atoms with E-state index in [1.54, 1.807) is 60.5 Å². The minimum atomic E-state index is -4.51. The van der Waals surface area contributed by atoms with E-state index in [0.29, 0.717) is 33.3 Å². The van der Waals surface area contributed by atoms with E-state index in [0.717, 1.165) is 6.07 Å². The first-order valence-corrected chi connectivity index (χ1v) is 8.16. The van der Waals surface area contributed by atoms with Crippen LogP contribution in [0.5, 0.6) is 0 Å². The van der Waals surface area contributed by atoms with E-state index in [9.17, 15) is 18.4 Å². The molecule has 0 bridgehead atoms. The van der Waals surface area contributed by atoms with E-state index >= 15 is 0 Å². The molecule has 134 valence electrons. The number of benzene rings is 3. The van der Waals surface area contributed by atoms with E-state index in [1.807, 2.05) is 0 Å². The minimum Gasteiger partial charge on any atom is -0.453 e. The van der Waals surface area contributed by atoms with Crippen LogP contribution in [0.25, 0.3) is 21.9 Å². The Morgan fingerprint density at radius 2 is 1.48 bits per heavy atom. The molecule has 0 aliphatic rings. The molecule has 3 aromatic carbocycles. The number of alkyl halides is 3. The smallest absolute Gasteiger partial charge is 0.420 e. The molecule has 0 saturated carbocycles. The van der Waals surface area contributed by atoms with Crippen molar-refractivity contribution in [1.82, 2.24) is 0 Å². The predicted molar refractivity (Wildman–Crippen MR) is 97.9 cm³/mol. The number of anilines is 2. The lowest BCUT2D eigenvalue weighted by Gasteiger charge is -2.20. The molecule has 27 heavy (non-hydrogen) atoms. The molecule has 0 fully saturated rings. The Bertz CT molecular complexity index is 1200. The fraction of sp³-hybridized carbons (Fsp3) is 0.0952. The molecule has 0 amide bonds. The number of rotatable bonds is 2. The van der Waals surface area contributed by atoms with Gasteiger partial charge >= 0.3 is 6.18 Å². The SMILES string of the molecule is CN(c1ccccc1C#N)c1cccc2c1oc1c(C(F)(F)F)cccc12. The highest BCUT2D eigenvalue weighted by Gasteiger charge is 2.34. The van der Waals surface area contributed by atoms with E-state index in [4.69, 9.17) is 4.42 Å². The molecule has 0 aliphatic carbocycles. The molecule has 0 atom stereocenters. The summed E-state index contributed by atoms with van der Waals surface area (Å²) in [5.41, 5.74) is 1.05. The lowest BCUT2D eigenvalue weighted by molar-refractivity contribution is -0.136. The molecule has 3 nitrogen and oxygen atoms in total. The Balaban J connectivity index is 1.99. The number of nitriles is 1. The van der Waals surface area contributed by atoms with Crippen LogP contribution in [0.15, 0.2) is 65.1 Å². The molecule has 6 heteroatoms. The molecule has 4 rings (SSSR count). The van der Waals surface area contributed by atoms with Gasteiger partial charge in [-0.2, -0.15) is 18.4 Å². The highest BCUT2D eigenvalue weighted by atomic mass is 19.4. The highest BCUT2D eigenvalue weighted by molar-refractivity contribution is 6.10. The van der Waals surface area contributed by atoms with Crippen LogP contribution in [0.1, 0.15) is 11.1 Å². The molecule has 0 radical (unpaired) electrons. The molecule has 1 heterocycles. The van der Waals surface area contributed by atoms with Gasteiger partial charge in [0.1, 0.15) is 11.7 Å². The van der Waals surface area contributed by atoms with Gasteiger partial charge in [0.05, 0.1) is 22.5 Å². The fourth-order valence-corrected chi connectivity index (χ4v) is 3.28. The van der Waals surface area contributed by atoms with Crippen LogP contribution in [0.4, 0.5) is 24.5 Å². The standard InChI is InChI=1S/C21H13F3N2O/c1-26(17-10-3-2-6-13(17)12-25)18-11-5-8-15-14-7-4-9-16(21(22,23)24)19(14)27-20(15)18/h2-11H,1H3. The number of hydrogen-bond donors (Lipinski definition) is 0. The average molecular weight is 366 g/mol. The zero-order valence-electron chi connectivity index (χ0n) is 14.2. The summed E-state index contributed by atoms with van der Waals surface area (Å²) in [4.78, 5) is 1.75. The maximum absolute atomic E-state index is 13.4. The topological polar surface area (TPSA) is 40.2 Å². The largest absolute Gasteiger partial charge is 0.453 e. The first-order valence-electron chi connectivity index (χ1n) is 8.16. The Kier molecular flexibility index (Phi) is 3.81. The van der Waals surface area contributed by atoms with Crippen molar-refractivity contribution >= 4 is 33.3 Å². The number of nitrogens with zero attached hydrogens (tertiary/aromatic N) is 2. The van der Waals surface area contributed by atoms with Crippen LogP contribution < -0.4 is 4.90 Å². The summed E-state index contributed by atoms with van der Waals surface area (Å²) in [6.07, 6.45) is -4.51. The fourth-order valence-electron chi connectivity index (χ4n) is 3.28. The second kappa shape index (κ2) is 6.06. The van der Waals surface area contributed by atoms with Crippen molar-refractivity contribution in [3.05, 3.63) is 71.8 Å². The summed E-state index contributed by atoms with van der Waals surface area (Å²) in [6, 6.07) is 18.4. The van der Waals surface area contributed by atoms with Gasteiger partial charge in [-0.05, 0) is 24.3 Å². The second-order valence-electron chi connectivity index (χ2n) is 6.12. The lowest BCUT2D eigenvalue weighted by atomic mass is 10.1. The molecule has 0 unspecified atom stereocenters. The molecule has 0 spiro atoms. The van der Waals surface area contributed by atoms with Crippen molar-refractivity contribution in [3.8, 4) is 6.07 Å². The third kappa shape index (κ3) is 2.68. The van der Waals surface area contributed by atoms with Gasteiger partial charge < -0.3 is 9.32 Å². The Labute approximate surface area is 152 Å². The lowest BCUT2D eigenvalue weighted by Crippen LogP contribution is -2.11. The van der Waals surface area contributed by atoms with Crippen LogP contribution in [0.3, 0.4) is 0 Å². The van der Waals surface area contributed by atoms with Crippen LogP contribution >= 0.6 is 0 Å². The number of hydrogen-bond acceptors (Lipinski definition) is 3. The summed E-state index contributed by atoms with van der Waals surface area (Å²) < 4.78 is 45.8. The highest BCUT2D eigenvalue weighted by Crippen LogP contribution is 2.42. The van der Waals surface area contributed by atoms with Crippen molar-refractivity contribution in [2.24, 2.45) is 0 Å². The number of halogens is 3. The van der Waals surface area contributed by atoms with Gasteiger partial charge in [0.15, 0.2) is 5.58 Å². The first-order chi connectivity index (χ1) is 12.9. The third-order valence-electron chi connectivity index (χ3n) is 4.56. The van der Waals surface area contributed by atoms with Crippen LogP contribution in [0.2, 0.25) is 0 Å². The predicted octanol–water partition coefficient (Wildman–Crippen LogP) is 6.24. The zero-order valence-corrected chi connectivity index (χ0v) is 14.2. The summed E-state index contributed by atoms with van der Waals surface area (Å²) >= 11 is 0. The van der Waals surface area contributed by atoms with Gasteiger partial charge in [-0.15, -0.1) is 0 Å². The van der Waals surface area contributed by atoms with Crippen molar-refractivity contribution < 1.29 is 17.6 Å². The first kappa shape index (κ1) is 17.0. The number of furan rings is 1. The van der Waals surface area contributed by atoms with Gasteiger partial charge in [-0.25, -0.2) is 0 Å². The van der Waals surface area contributed by atoms with Crippen molar-refractivity contribution in [2.75, 3.05) is 11.9 Å². The molecule has 4 aromatic rings. The van der Waals surface area contributed by atoms with Crippen molar-refractivity contribution in [2.45, 2.75) is 6.18 Å². The molecular weight excluding hydrogens is 353 g/mol. The molecule has 0 aliphatic heterocycles. The number of para-hydroxylation sites is 3. The van der Waals surface area contributed by atoms with Gasteiger partial charge in [0, 0.05) is 17.8 Å². The maximum Gasteiger partial charge on any atom is 0.420 e. The maximum atomic E-state index is 13.4. The van der Waals surface area contributed by atoms with Crippen LogP contribution in [-0.4, -0.2) is 7.05 Å². The third-order valence-corrected chi connectivity index (χ3v) is 4.56. The van der Waals surface area contributed by atoms with Gasteiger partial charge in [-0.1, -0.05) is 36.4 Å². The van der Waals surface area contributed by atoms with Crippen LogP contribution in [-0.2, 0) is 6.18 Å². The minimum absolute atomic E-state index is 0.186. The van der Waals surface area contributed by atoms with E-state index in [2.05, 4.69) is 6.07 Å². The quantitative estimate of drug-likeness (QED) is 0.421. The van der Waals surface area contributed by atoms with E-state index in [-0.39, 0.29) is 5.58 Å². The monoisotopic (exact) mass is 366 g/mol. The Morgan fingerprint density at radius 3 is 2.19 bits per heavy atom. The normalized spacial score (nSPS) is 11.7. The average Bonchev–Trinajstić information content (AvgIpc) is 3.05. The summed E-state index contributed by atoms with van der Waals surface area (Å²) in [7, 11) is 1.75. The van der Waals surface area contributed by atoms with Gasteiger partial charge in [0.25, 0.3) is 0 Å². The van der Waals surface area contributed by atoms with Crippen LogP contribution in [0, 0.1) is 11.3 Å². The number of fused-ring (bicyclic) bond motifs is 3. The Morgan fingerprint density at radius 1 is 0.852 bits per heavy atom. The molecular formula is C21H13F3N2O. The van der Waals surface area contributed by atoms with E-state index < -0.39 is 11.7 Å². The zero-order chi connectivity index (χ0) is 19.2. The van der Waals surface area contributed by atoms with E-state index in [1.165, 1.54) is 6.07 Å². The van der Waals surface area contributed by atoms with Crippen molar-refractivity contribution in [3.63, 3.8) is 0 Å². The molecule has 0 N–H and O–H groups in total. The molecule has 1 aromatic heterocycles. The van der Waals surface area contributed by atoms with Crippen molar-refractivity contribution in [1.29, 1.82) is 5.26 Å². The van der Waals surface area contributed by atoms with Gasteiger partial charge in [-0.3, -0.25) is 0 Å². The summed E-state index contributed by atoms with van der Waals surface area (Å²) in [5, 5.41) is 10.3. The van der Waals surface area contributed by atoms with Gasteiger partial charge in [0.2, 0.25) is 0 Å². The molecule has 0 saturated heterocycles. The Hall–Kier alpha value is -3.46. The summed E-state index contributed by atoms with van der Waals surface area (Å²) in [6.45, 7) is 0.